The van der Waals surface area contributed by atoms with E-state index in [9.17, 15) is 0 Å². The fourth-order valence-corrected chi connectivity index (χ4v) is 9.43. The minimum Gasteiger partial charge on any atom is -0.455 e. The van der Waals surface area contributed by atoms with Gasteiger partial charge < -0.3 is 4.42 Å². The molecule has 4 nitrogen and oxygen atoms in total. The van der Waals surface area contributed by atoms with Gasteiger partial charge in [0, 0.05) is 52.7 Å². The minimum absolute atomic E-state index is 0.630. The van der Waals surface area contributed by atoms with Crippen LogP contribution in [-0.2, 0) is 0 Å². The number of aromatic nitrogens is 3. The minimum atomic E-state index is 0.630. The van der Waals surface area contributed by atoms with E-state index >= 15 is 0 Å². The topological polar surface area (TPSA) is 43.9 Å². The Balaban J connectivity index is 1.20. The van der Waals surface area contributed by atoms with Gasteiger partial charge in [0.2, 0.25) is 5.95 Å². The van der Waals surface area contributed by atoms with E-state index in [0.29, 0.717) is 5.95 Å². The average Bonchev–Trinajstić information content (AvgIpc) is 3.87. The predicted octanol–water partition coefficient (Wildman–Crippen LogP) is 13.5. The van der Waals surface area contributed by atoms with E-state index in [1.54, 1.807) is 0 Å². The first-order valence-corrected chi connectivity index (χ1v) is 18.6. The van der Waals surface area contributed by atoms with Crippen LogP contribution in [0, 0.1) is 0 Å². The summed E-state index contributed by atoms with van der Waals surface area (Å²) in [5, 5.41) is 10.4. The van der Waals surface area contributed by atoms with Gasteiger partial charge in [-0.05, 0) is 76.5 Å². The molecule has 0 unspecified atom stereocenters. The number of hydrogen-bond acceptors (Lipinski definition) is 4. The molecule has 4 heterocycles. The van der Waals surface area contributed by atoms with Crippen LogP contribution in [0.2, 0.25) is 0 Å². The second-order valence-corrected chi connectivity index (χ2v) is 14.9. The molecule has 0 amide bonds. The molecule has 0 aliphatic rings. The first-order chi connectivity index (χ1) is 26.2. The highest BCUT2D eigenvalue weighted by molar-refractivity contribution is 7.25. The third-order valence-corrected chi connectivity index (χ3v) is 11.9. The van der Waals surface area contributed by atoms with Crippen molar-refractivity contribution in [3.63, 3.8) is 0 Å². The van der Waals surface area contributed by atoms with Crippen LogP contribution >= 0.6 is 11.3 Å². The number of para-hydroxylation sites is 2. The lowest BCUT2D eigenvalue weighted by Gasteiger charge is -2.13. The van der Waals surface area contributed by atoms with E-state index in [1.165, 1.54) is 36.3 Å². The first kappa shape index (κ1) is 28.8. The Morgan fingerprint density at radius 3 is 2.08 bits per heavy atom. The van der Waals surface area contributed by atoms with Crippen molar-refractivity contribution in [3.05, 3.63) is 164 Å². The molecule has 0 atom stereocenters. The third-order valence-electron chi connectivity index (χ3n) is 10.8. The maximum absolute atomic E-state index is 6.87. The lowest BCUT2D eigenvalue weighted by molar-refractivity contribution is 0.670. The highest BCUT2D eigenvalue weighted by atomic mass is 32.1. The highest BCUT2D eigenvalue weighted by Gasteiger charge is 2.22. The Kier molecular flexibility index (Phi) is 5.90. The van der Waals surface area contributed by atoms with Gasteiger partial charge in [0.1, 0.15) is 11.2 Å². The van der Waals surface area contributed by atoms with Gasteiger partial charge >= 0.3 is 0 Å². The summed E-state index contributed by atoms with van der Waals surface area (Å²) in [6.07, 6.45) is 0. The molecule has 0 saturated carbocycles. The number of thiophene rings is 1. The van der Waals surface area contributed by atoms with Crippen LogP contribution in [0.3, 0.4) is 0 Å². The monoisotopic (exact) mass is 693 g/mol. The summed E-state index contributed by atoms with van der Waals surface area (Å²) in [5.41, 5.74) is 8.74. The van der Waals surface area contributed by atoms with Crippen molar-refractivity contribution in [3.8, 4) is 28.3 Å². The van der Waals surface area contributed by atoms with Crippen molar-refractivity contribution in [2.24, 2.45) is 0 Å². The number of fused-ring (bicyclic) bond motifs is 11. The lowest BCUT2D eigenvalue weighted by Crippen LogP contribution is -2.03. The van der Waals surface area contributed by atoms with Crippen molar-refractivity contribution in [2.45, 2.75) is 0 Å². The van der Waals surface area contributed by atoms with Crippen molar-refractivity contribution in [2.75, 3.05) is 0 Å². The molecule has 5 heteroatoms. The van der Waals surface area contributed by atoms with Crippen LogP contribution in [0.4, 0.5) is 0 Å². The number of furan rings is 1. The van der Waals surface area contributed by atoms with E-state index < -0.39 is 0 Å². The van der Waals surface area contributed by atoms with Crippen molar-refractivity contribution in [1.29, 1.82) is 0 Å². The SMILES string of the molecule is c1ccc(-c2cc(-c3nc(-n4c5ccccc5c5cc6c(cc54)sc4ccccc46)nc4ccccc34)c3oc4cc5ccccc5cc4c3c2)cc1. The fraction of sp³-hybridized carbons (Fsp3) is 0. The van der Waals surface area contributed by atoms with Crippen molar-refractivity contribution in [1.82, 2.24) is 14.5 Å². The summed E-state index contributed by atoms with van der Waals surface area (Å²) >= 11 is 1.83. The molecule has 0 spiro atoms. The summed E-state index contributed by atoms with van der Waals surface area (Å²) in [6, 6.07) is 58.3. The second-order valence-electron chi connectivity index (χ2n) is 13.8. The largest absolute Gasteiger partial charge is 0.455 e. The molecule has 53 heavy (non-hydrogen) atoms. The normalized spacial score (nSPS) is 12.2. The van der Waals surface area contributed by atoms with Crippen molar-refractivity contribution >= 4 is 96.9 Å². The summed E-state index contributed by atoms with van der Waals surface area (Å²) < 4.78 is 11.6. The van der Waals surface area contributed by atoms with Crippen LogP contribution in [0.25, 0.3) is 114 Å². The number of nitrogens with zero attached hydrogens (tertiary/aromatic N) is 3. The van der Waals surface area contributed by atoms with Gasteiger partial charge in [0.05, 0.1) is 22.2 Å². The number of hydrogen-bond donors (Lipinski definition) is 0. The van der Waals surface area contributed by atoms with Crippen LogP contribution < -0.4 is 0 Å². The zero-order valence-electron chi connectivity index (χ0n) is 28.2. The Labute approximate surface area is 306 Å². The molecule has 12 rings (SSSR count). The standard InChI is InChI=1S/C48H27N3OS/c1-2-12-28(13-3-1)31-23-38-36-22-29-14-4-5-15-30(29)25-43(36)52-47(38)39(24-31)46-34-18-6-9-19-40(34)49-48(50-46)51-41-20-10-7-16-32(41)35-26-37-33-17-8-11-21-44(33)53-45(37)27-42(35)51/h1-27H. The number of rotatable bonds is 3. The molecule has 0 saturated heterocycles. The quantitative estimate of drug-likeness (QED) is 0.185. The second kappa shape index (κ2) is 10.8. The molecule has 4 aromatic heterocycles. The van der Waals surface area contributed by atoms with Crippen molar-refractivity contribution < 1.29 is 4.42 Å². The lowest BCUT2D eigenvalue weighted by atomic mass is 9.96. The molecule has 0 fully saturated rings. The molecule has 0 bridgehead atoms. The Morgan fingerprint density at radius 1 is 0.453 bits per heavy atom. The molecule has 246 valence electrons. The maximum Gasteiger partial charge on any atom is 0.235 e. The van der Waals surface area contributed by atoms with Gasteiger partial charge in [0.15, 0.2) is 0 Å². The van der Waals surface area contributed by atoms with Gasteiger partial charge in [-0.15, -0.1) is 11.3 Å². The van der Waals surface area contributed by atoms with Gasteiger partial charge in [-0.3, -0.25) is 4.57 Å². The van der Waals surface area contributed by atoms with E-state index in [2.05, 4.69) is 168 Å². The highest BCUT2D eigenvalue weighted by Crippen LogP contribution is 2.44. The summed E-state index contributed by atoms with van der Waals surface area (Å²) in [5.74, 6) is 0.630. The summed E-state index contributed by atoms with van der Waals surface area (Å²) in [7, 11) is 0. The van der Waals surface area contributed by atoms with E-state index in [-0.39, 0.29) is 0 Å². The summed E-state index contributed by atoms with van der Waals surface area (Å²) in [6.45, 7) is 0. The fourth-order valence-electron chi connectivity index (χ4n) is 8.31. The van der Waals surface area contributed by atoms with Gasteiger partial charge in [-0.1, -0.05) is 109 Å². The van der Waals surface area contributed by atoms with Crippen LogP contribution in [-0.4, -0.2) is 14.5 Å². The molecule has 0 aliphatic heterocycles. The zero-order valence-corrected chi connectivity index (χ0v) is 29.1. The molecule has 8 aromatic carbocycles. The Morgan fingerprint density at radius 2 is 1.19 bits per heavy atom. The molecular formula is C48H27N3OS. The Bertz CT molecular complexity index is 3460. The smallest absolute Gasteiger partial charge is 0.235 e. The number of benzene rings is 8. The summed E-state index contributed by atoms with van der Waals surface area (Å²) in [4.78, 5) is 10.8. The van der Waals surface area contributed by atoms with Crippen LogP contribution in [0.15, 0.2) is 168 Å². The van der Waals surface area contributed by atoms with E-state index in [1.807, 2.05) is 11.3 Å². The first-order valence-electron chi connectivity index (χ1n) is 17.8. The molecule has 0 N–H and O–H groups in total. The molecule has 12 aromatic rings. The van der Waals surface area contributed by atoms with Gasteiger partial charge in [-0.25, -0.2) is 9.97 Å². The zero-order chi connectivity index (χ0) is 34.6. The predicted molar refractivity (Wildman–Crippen MR) is 222 cm³/mol. The molecule has 0 aliphatic carbocycles. The van der Waals surface area contributed by atoms with Gasteiger partial charge in [-0.2, -0.15) is 0 Å². The van der Waals surface area contributed by atoms with Crippen LogP contribution in [0.5, 0.6) is 0 Å². The Hall–Kier alpha value is -6.82. The van der Waals surface area contributed by atoms with Gasteiger partial charge in [0.25, 0.3) is 0 Å². The maximum atomic E-state index is 6.87. The average molecular weight is 694 g/mol. The third kappa shape index (κ3) is 4.23. The van der Waals surface area contributed by atoms with Crippen LogP contribution in [0.1, 0.15) is 0 Å². The van der Waals surface area contributed by atoms with E-state index in [4.69, 9.17) is 14.4 Å². The molecule has 0 radical (unpaired) electrons. The van der Waals surface area contributed by atoms with E-state index in [0.717, 1.165) is 71.6 Å². The molecular weight excluding hydrogens is 667 g/mol.